The second-order valence-corrected chi connectivity index (χ2v) is 7.78. The molecule has 0 radical (unpaired) electrons. The summed E-state index contributed by atoms with van der Waals surface area (Å²) in [6, 6.07) is 15.1. The number of nitrogen functional groups attached to an aromatic ring is 2. The topological polar surface area (TPSA) is 136 Å². The van der Waals surface area contributed by atoms with E-state index in [9.17, 15) is 18.6 Å². The van der Waals surface area contributed by atoms with Crippen molar-refractivity contribution in [1.29, 1.82) is 0 Å². The Balaban J connectivity index is 2.12. The van der Waals surface area contributed by atoms with Gasteiger partial charge in [0.05, 0.1) is 11.4 Å². The van der Waals surface area contributed by atoms with E-state index >= 15 is 0 Å². The van der Waals surface area contributed by atoms with Gasteiger partial charge in [0.25, 0.3) is 10.1 Å². The Morgan fingerprint density at radius 3 is 1.85 bits per heavy atom. The second-order valence-electron chi connectivity index (χ2n) is 6.26. The van der Waals surface area contributed by atoms with E-state index in [2.05, 4.69) is 0 Å². The molecule has 0 fully saturated rings. The number of hydrogen-bond donors (Lipinski definition) is 4. The van der Waals surface area contributed by atoms with E-state index in [-0.39, 0.29) is 27.8 Å². The van der Waals surface area contributed by atoms with E-state index in [0.29, 0.717) is 16.7 Å². The lowest BCUT2D eigenvalue weighted by molar-refractivity contribution is 0.180. The molecule has 0 unspecified atom stereocenters. The maximum atomic E-state index is 12.7. The molecule has 3 aromatic rings. The largest absolute Gasteiger partial charge is 0.506 e. The van der Waals surface area contributed by atoms with Crippen molar-refractivity contribution < 1.29 is 22.8 Å². The summed E-state index contributed by atoms with van der Waals surface area (Å²) in [6.07, 6.45) is 0. The van der Waals surface area contributed by atoms with Crippen LogP contribution in [-0.4, -0.2) is 18.6 Å². The van der Waals surface area contributed by atoms with Crippen LogP contribution in [0.2, 0.25) is 0 Å². The zero-order valence-electron chi connectivity index (χ0n) is 14.0. The van der Waals surface area contributed by atoms with Crippen molar-refractivity contribution >= 4 is 21.5 Å². The highest BCUT2D eigenvalue weighted by molar-refractivity contribution is 7.87. The van der Waals surface area contributed by atoms with Crippen LogP contribution in [0, 0.1) is 0 Å². The Morgan fingerprint density at radius 2 is 1.33 bits per heavy atom. The number of phenols is 2. The number of benzene rings is 3. The summed E-state index contributed by atoms with van der Waals surface area (Å²) < 4.78 is 31.1. The summed E-state index contributed by atoms with van der Waals surface area (Å²) in [7, 11) is -4.06. The molecule has 7 nitrogen and oxygen atoms in total. The predicted molar refractivity (Wildman–Crippen MR) is 99.6 cm³/mol. The first-order chi connectivity index (χ1) is 12.8. The van der Waals surface area contributed by atoms with Gasteiger partial charge in [-0.2, -0.15) is 8.42 Å². The Hall–Kier alpha value is -3.23. The third-order valence-corrected chi connectivity index (χ3v) is 6.00. The summed E-state index contributed by atoms with van der Waals surface area (Å²) in [6.45, 7) is 0. The lowest BCUT2D eigenvalue weighted by Gasteiger charge is -2.30. The van der Waals surface area contributed by atoms with Crippen molar-refractivity contribution in [3.8, 4) is 11.5 Å². The van der Waals surface area contributed by atoms with Gasteiger partial charge in [0.1, 0.15) is 16.4 Å². The third kappa shape index (κ3) is 2.42. The Bertz CT molecular complexity index is 1120. The summed E-state index contributed by atoms with van der Waals surface area (Å²) >= 11 is 0. The van der Waals surface area contributed by atoms with Gasteiger partial charge in [0.15, 0.2) is 5.60 Å². The van der Waals surface area contributed by atoms with Crippen LogP contribution < -0.4 is 11.5 Å². The van der Waals surface area contributed by atoms with Gasteiger partial charge in [-0.25, -0.2) is 4.18 Å². The number of nitrogens with two attached hydrogens (primary N) is 2. The van der Waals surface area contributed by atoms with E-state index in [1.807, 2.05) is 0 Å². The van der Waals surface area contributed by atoms with E-state index in [0.717, 1.165) is 0 Å². The molecule has 0 amide bonds. The van der Waals surface area contributed by atoms with Gasteiger partial charge < -0.3 is 21.7 Å². The molecule has 0 saturated carbocycles. The van der Waals surface area contributed by atoms with Crippen molar-refractivity contribution in [2.75, 3.05) is 11.5 Å². The number of phenolic OH excluding ortho intramolecular Hbond substituents is 2. The molecule has 6 N–H and O–H groups in total. The first-order valence-electron chi connectivity index (χ1n) is 7.99. The van der Waals surface area contributed by atoms with Crippen molar-refractivity contribution in [3.63, 3.8) is 0 Å². The standard InChI is InChI=1S/C19H16N2O5S/c20-14-9-11(5-7-16(14)22)19(12-6-8-17(23)15(21)10-12)13-3-1-2-4-18(13)27(24,25)26-19/h1-10,22-23H,20-21H2. The molecule has 0 atom stereocenters. The quantitative estimate of drug-likeness (QED) is 0.302. The molecule has 0 spiro atoms. The monoisotopic (exact) mass is 384 g/mol. The van der Waals surface area contributed by atoms with Crippen molar-refractivity contribution in [2.45, 2.75) is 10.5 Å². The van der Waals surface area contributed by atoms with Crippen LogP contribution in [0.25, 0.3) is 0 Å². The molecule has 1 aliphatic rings. The van der Waals surface area contributed by atoms with E-state index in [4.69, 9.17) is 15.7 Å². The first-order valence-corrected chi connectivity index (χ1v) is 9.39. The molecule has 0 saturated heterocycles. The van der Waals surface area contributed by atoms with Gasteiger partial charge in [-0.05, 0) is 41.5 Å². The first kappa shape index (κ1) is 17.2. The molecule has 138 valence electrons. The van der Waals surface area contributed by atoms with Gasteiger partial charge in [0, 0.05) is 5.56 Å². The molecular formula is C19H16N2O5S. The van der Waals surface area contributed by atoms with Crippen LogP contribution in [0.15, 0.2) is 65.6 Å². The fourth-order valence-corrected chi connectivity index (χ4v) is 4.78. The molecule has 4 rings (SSSR count). The average molecular weight is 384 g/mol. The SMILES string of the molecule is Nc1cc(C2(c3ccc(O)c(N)c3)OS(=O)(=O)c3ccccc32)ccc1O. The van der Waals surface area contributed by atoms with Gasteiger partial charge >= 0.3 is 0 Å². The highest BCUT2D eigenvalue weighted by Crippen LogP contribution is 2.51. The third-order valence-electron chi connectivity index (χ3n) is 4.64. The normalized spacial score (nSPS) is 16.7. The molecule has 8 heteroatoms. The van der Waals surface area contributed by atoms with Crippen LogP contribution in [0.4, 0.5) is 11.4 Å². The molecule has 27 heavy (non-hydrogen) atoms. The van der Waals surface area contributed by atoms with E-state index in [1.54, 1.807) is 18.2 Å². The van der Waals surface area contributed by atoms with Gasteiger partial charge in [-0.3, -0.25) is 0 Å². The average Bonchev–Trinajstić information content (AvgIpc) is 2.89. The van der Waals surface area contributed by atoms with E-state index < -0.39 is 15.7 Å². The summed E-state index contributed by atoms with van der Waals surface area (Å²) in [4.78, 5) is 0.0308. The number of rotatable bonds is 2. The molecular weight excluding hydrogens is 368 g/mol. The van der Waals surface area contributed by atoms with Crippen LogP contribution >= 0.6 is 0 Å². The molecule has 1 heterocycles. The molecule has 1 aliphatic heterocycles. The second kappa shape index (κ2) is 5.63. The fraction of sp³-hybridized carbons (Fsp3) is 0.0526. The van der Waals surface area contributed by atoms with Crippen molar-refractivity contribution in [2.24, 2.45) is 0 Å². The van der Waals surface area contributed by atoms with Crippen molar-refractivity contribution in [3.05, 3.63) is 77.4 Å². The van der Waals surface area contributed by atoms with Gasteiger partial charge in [-0.15, -0.1) is 0 Å². The smallest absolute Gasteiger partial charge is 0.298 e. The number of hydrogen-bond acceptors (Lipinski definition) is 7. The van der Waals surface area contributed by atoms with Crippen LogP contribution in [0.1, 0.15) is 16.7 Å². The molecule has 0 aliphatic carbocycles. The number of aromatic hydroxyl groups is 2. The Kier molecular flexibility index (Phi) is 3.59. The summed E-state index contributed by atoms with van der Waals surface area (Å²) in [5, 5.41) is 19.6. The van der Waals surface area contributed by atoms with Crippen LogP contribution in [0.5, 0.6) is 11.5 Å². The highest BCUT2D eigenvalue weighted by atomic mass is 32.2. The Labute approximate surface area is 155 Å². The molecule has 0 aromatic heterocycles. The number of fused-ring (bicyclic) bond motifs is 1. The van der Waals surface area contributed by atoms with E-state index in [1.165, 1.54) is 42.5 Å². The van der Waals surface area contributed by atoms with Gasteiger partial charge in [0.2, 0.25) is 0 Å². The minimum absolute atomic E-state index is 0.0308. The van der Waals surface area contributed by atoms with Crippen LogP contribution in [-0.2, 0) is 19.9 Å². The number of anilines is 2. The van der Waals surface area contributed by atoms with Gasteiger partial charge in [-0.1, -0.05) is 30.3 Å². The minimum atomic E-state index is -4.06. The zero-order chi connectivity index (χ0) is 19.4. The minimum Gasteiger partial charge on any atom is -0.506 e. The molecule has 0 bridgehead atoms. The maximum Gasteiger partial charge on any atom is 0.298 e. The fourth-order valence-electron chi connectivity index (χ4n) is 3.35. The van der Waals surface area contributed by atoms with Crippen LogP contribution in [0.3, 0.4) is 0 Å². The summed E-state index contributed by atoms with van der Waals surface area (Å²) in [5.74, 6) is -0.262. The Morgan fingerprint density at radius 1 is 0.815 bits per heavy atom. The summed E-state index contributed by atoms with van der Waals surface area (Å²) in [5.41, 5.74) is 11.5. The predicted octanol–water partition coefficient (Wildman–Crippen LogP) is 2.27. The molecule has 3 aromatic carbocycles. The highest BCUT2D eigenvalue weighted by Gasteiger charge is 2.51. The lowest BCUT2D eigenvalue weighted by atomic mass is 9.80. The lowest BCUT2D eigenvalue weighted by Crippen LogP contribution is -2.29. The zero-order valence-corrected chi connectivity index (χ0v) is 14.8. The maximum absolute atomic E-state index is 12.7. The van der Waals surface area contributed by atoms with Crippen molar-refractivity contribution in [1.82, 2.24) is 0 Å².